The van der Waals surface area contributed by atoms with Crippen LogP contribution in [0.3, 0.4) is 0 Å². The molecule has 0 unspecified atom stereocenters. The molecule has 1 aromatic carbocycles. The van der Waals surface area contributed by atoms with Crippen molar-refractivity contribution in [1.82, 2.24) is 10.1 Å². The van der Waals surface area contributed by atoms with Crippen LogP contribution in [0.1, 0.15) is 19.8 Å². The lowest BCUT2D eigenvalue weighted by molar-refractivity contribution is 0.417. The van der Waals surface area contributed by atoms with E-state index in [1.54, 1.807) is 0 Å². The Kier molecular flexibility index (Phi) is 3.69. The highest BCUT2D eigenvalue weighted by molar-refractivity contribution is 5.55. The van der Waals surface area contributed by atoms with Crippen LogP contribution in [0.5, 0.6) is 0 Å². The average molecular weight is 272 g/mol. The predicted octanol–water partition coefficient (Wildman–Crippen LogP) is 2.30. The van der Waals surface area contributed by atoms with Gasteiger partial charge in [-0.3, -0.25) is 0 Å². The highest BCUT2D eigenvalue weighted by atomic mass is 16.5. The first-order valence-electron chi connectivity index (χ1n) is 7.17. The normalized spacial score (nSPS) is 22.4. The third-order valence-electron chi connectivity index (χ3n) is 3.87. The van der Waals surface area contributed by atoms with Crippen LogP contribution in [-0.4, -0.2) is 29.3 Å². The van der Waals surface area contributed by atoms with Crippen LogP contribution in [-0.2, 0) is 0 Å². The van der Waals surface area contributed by atoms with E-state index in [9.17, 15) is 0 Å². The maximum atomic E-state index is 6.18. The van der Waals surface area contributed by atoms with Crippen LogP contribution in [0.2, 0.25) is 0 Å². The van der Waals surface area contributed by atoms with Gasteiger partial charge in [0, 0.05) is 24.7 Å². The van der Waals surface area contributed by atoms with Crippen LogP contribution in [0.15, 0.2) is 34.9 Å². The Hall–Kier alpha value is -1.88. The molecule has 1 aliphatic rings. The zero-order valence-electron chi connectivity index (χ0n) is 11.7. The first-order valence-corrected chi connectivity index (χ1v) is 7.17. The summed E-state index contributed by atoms with van der Waals surface area (Å²) in [6.07, 6.45) is 2.31. The molecule has 0 amide bonds. The lowest BCUT2D eigenvalue weighted by Gasteiger charge is -2.12. The third-order valence-corrected chi connectivity index (χ3v) is 3.87. The van der Waals surface area contributed by atoms with Gasteiger partial charge < -0.3 is 15.2 Å². The largest absolute Gasteiger partial charge is 0.326 e. The molecule has 0 bridgehead atoms. The molecule has 5 nitrogen and oxygen atoms in total. The highest BCUT2D eigenvalue weighted by Gasteiger charge is 2.32. The minimum absolute atomic E-state index is 0.196. The van der Waals surface area contributed by atoms with Crippen molar-refractivity contribution in [2.24, 2.45) is 11.7 Å². The molecule has 0 radical (unpaired) electrons. The summed E-state index contributed by atoms with van der Waals surface area (Å²) in [7, 11) is 0. The van der Waals surface area contributed by atoms with Gasteiger partial charge in [-0.1, -0.05) is 48.8 Å². The van der Waals surface area contributed by atoms with E-state index in [1.165, 1.54) is 0 Å². The molecule has 2 N–H and O–H groups in total. The van der Waals surface area contributed by atoms with Gasteiger partial charge in [-0.15, -0.1) is 0 Å². The number of hydrogen-bond acceptors (Lipinski definition) is 5. The van der Waals surface area contributed by atoms with Gasteiger partial charge in [0.1, 0.15) is 0 Å². The molecule has 3 rings (SSSR count). The van der Waals surface area contributed by atoms with Gasteiger partial charge in [-0.05, 0) is 12.3 Å². The molecular weight excluding hydrogens is 252 g/mol. The highest BCUT2D eigenvalue weighted by Crippen LogP contribution is 2.26. The van der Waals surface area contributed by atoms with Gasteiger partial charge in [-0.25, -0.2) is 0 Å². The van der Waals surface area contributed by atoms with Gasteiger partial charge in [0.15, 0.2) is 0 Å². The Balaban J connectivity index is 1.75. The van der Waals surface area contributed by atoms with Gasteiger partial charge in [-0.2, -0.15) is 4.98 Å². The van der Waals surface area contributed by atoms with Crippen LogP contribution >= 0.6 is 0 Å². The molecule has 1 saturated heterocycles. The second kappa shape index (κ2) is 5.63. The molecular formula is C15H20N4O. The summed E-state index contributed by atoms with van der Waals surface area (Å²) in [6, 6.07) is 10.6. The number of anilines is 1. The SMILES string of the molecule is CCC[C@@H]1CN(c2nc(-c3ccccc3)no2)C[C@H]1N. The van der Waals surface area contributed by atoms with Crippen LogP contribution in [0, 0.1) is 5.92 Å². The van der Waals surface area contributed by atoms with Crippen molar-refractivity contribution in [2.75, 3.05) is 18.0 Å². The topological polar surface area (TPSA) is 68.2 Å². The zero-order valence-corrected chi connectivity index (χ0v) is 11.7. The van der Waals surface area contributed by atoms with E-state index in [4.69, 9.17) is 10.3 Å². The first kappa shape index (κ1) is 13.1. The van der Waals surface area contributed by atoms with Crippen LogP contribution in [0.25, 0.3) is 11.4 Å². The molecule has 1 aromatic heterocycles. The zero-order chi connectivity index (χ0) is 13.9. The van der Waals surface area contributed by atoms with E-state index in [1.807, 2.05) is 30.3 Å². The summed E-state index contributed by atoms with van der Waals surface area (Å²) < 4.78 is 5.39. The molecule has 2 atom stereocenters. The number of benzene rings is 1. The maximum absolute atomic E-state index is 6.18. The van der Waals surface area contributed by atoms with Crippen molar-refractivity contribution < 1.29 is 4.52 Å². The molecule has 106 valence electrons. The number of nitrogens with two attached hydrogens (primary N) is 1. The molecule has 2 heterocycles. The van der Waals surface area contributed by atoms with Crippen molar-refractivity contribution in [3.63, 3.8) is 0 Å². The van der Waals surface area contributed by atoms with Crippen molar-refractivity contribution in [3.05, 3.63) is 30.3 Å². The Bertz CT molecular complexity index is 554. The van der Waals surface area contributed by atoms with Gasteiger partial charge >= 0.3 is 6.01 Å². The summed E-state index contributed by atoms with van der Waals surface area (Å²) in [5, 5.41) is 4.06. The second-order valence-electron chi connectivity index (χ2n) is 5.38. The van der Waals surface area contributed by atoms with E-state index in [0.717, 1.165) is 31.5 Å². The Morgan fingerprint density at radius 1 is 1.30 bits per heavy atom. The van der Waals surface area contributed by atoms with E-state index in [2.05, 4.69) is 22.0 Å². The maximum Gasteiger partial charge on any atom is 0.324 e. The predicted molar refractivity (Wildman–Crippen MR) is 78.3 cm³/mol. The summed E-state index contributed by atoms with van der Waals surface area (Å²) in [5.74, 6) is 1.15. The lowest BCUT2D eigenvalue weighted by atomic mass is 9.99. The molecule has 0 aliphatic carbocycles. The summed E-state index contributed by atoms with van der Waals surface area (Å²) >= 11 is 0. The summed E-state index contributed by atoms with van der Waals surface area (Å²) in [5.41, 5.74) is 7.15. The molecule has 2 aromatic rings. The Morgan fingerprint density at radius 3 is 2.85 bits per heavy atom. The monoisotopic (exact) mass is 272 g/mol. The molecule has 1 aliphatic heterocycles. The van der Waals surface area contributed by atoms with Crippen molar-refractivity contribution in [2.45, 2.75) is 25.8 Å². The molecule has 0 saturated carbocycles. The van der Waals surface area contributed by atoms with Crippen molar-refractivity contribution in [3.8, 4) is 11.4 Å². The number of aromatic nitrogens is 2. The van der Waals surface area contributed by atoms with Crippen molar-refractivity contribution in [1.29, 1.82) is 0 Å². The molecule has 5 heteroatoms. The number of rotatable bonds is 4. The molecule has 1 fully saturated rings. The van der Waals surface area contributed by atoms with E-state index >= 15 is 0 Å². The summed E-state index contributed by atoms with van der Waals surface area (Å²) in [4.78, 5) is 6.59. The van der Waals surface area contributed by atoms with Crippen LogP contribution < -0.4 is 10.6 Å². The quantitative estimate of drug-likeness (QED) is 0.925. The summed E-state index contributed by atoms with van der Waals surface area (Å²) in [6.45, 7) is 3.89. The fourth-order valence-electron chi connectivity index (χ4n) is 2.78. The number of nitrogens with zero attached hydrogens (tertiary/aromatic N) is 3. The fraction of sp³-hybridized carbons (Fsp3) is 0.467. The standard InChI is InChI=1S/C15H20N4O/c1-2-6-12-9-19(10-13(12)16)15-17-14(18-20-15)11-7-4-3-5-8-11/h3-5,7-8,12-13H,2,6,9-10,16H2,1H3/t12-,13-/m1/s1. The molecule has 20 heavy (non-hydrogen) atoms. The molecule has 0 spiro atoms. The van der Waals surface area contributed by atoms with Gasteiger partial charge in [0.25, 0.3) is 0 Å². The van der Waals surface area contributed by atoms with Gasteiger partial charge in [0.05, 0.1) is 0 Å². The minimum atomic E-state index is 0.196. The Labute approximate surface area is 118 Å². The minimum Gasteiger partial charge on any atom is -0.326 e. The Morgan fingerprint density at radius 2 is 2.10 bits per heavy atom. The third kappa shape index (κ3) is 2.54. The smallest absolute Gasteiger partial charge is 0.324 e. The lowest BCUT2D eigenvalue weighted by Crippen LogP contribution is -2.29. The first-order chi connectivity index (χ1) is 9.78. The number of hydrogen-bond donors (Lipinski definition) is 1. The van der Waals surface area contributed by atoms with E-state index in [-0.39, 0.29) is 6.04 Å². The van der Waals surface area contributed by atoms with Gasteiger partial charge in [0.2, 0.25) is 5.82 Å². The fourth-order valence-corrected chi connectivity index (χ4v) is 2.78. The average Bonchev–Trinajstić information content (AvgIpc) is 3.08. The van der Waals surface area contributed by atoms with Crippen molar-refractivity contribution >= 4 is 6.01 Å². The van der Waals surface area contributed by atoms with E-state index < -0.39 is 0 Å². The second-order valence-corrected chi connectivity index (χ2v) is 5.38. The van der Waals surface area contributed by atoms with Crippen LogP contribution in [0.4, 0.5) is 6.01 Å². The van der Waals surface area contributed by atoms with E-state index in [0.29, 0.717) is 17.8 Å².